The van der Waals surface area contributed by atoms with Gasteiger partial charge in [0.05, 0.1) is 16.6 Å². The molecule has 0 amide bonds. The van der Waals surface area contributed by atoms with Crippen LogP contribution >= 0.6 is 0 Å². The van der Waals surface area contributed by atoms with Crippen molar-refractivity contribution < 1.29 is 27.5 Å². The van der Waals surface area contributed by atoms with E-state index in [0.717, 1.165) is 22.8 Å². The fourth-order valence-electron chi connectivity index (χ4n) is 2.64. The van der Waals surface area contributed by atoms with Gasteiger partial charge in [0.2, 0.25) is 5.43 Å². The summed E-state index contributed by atoms with van der Waals surface area (Å²) in [7, 11) is 0. The Morgan fingerprint density at radius 2 is 1.81 bits per heavy atom. The van der Waals surface area contributed by atoms with E-state index in [-0.39, 0.29) is 0 Å². The predicted molar refractivity (Wildman–Crippen MR) is 86.4 cm³/mol. The average molecular weight is 363 g/mol. The van der Waals surface area contributed by atoms with Crippen LogP contribution in [-0.4, -0.2) is 15.6 Å². The number of carbonyl (C=O) groups is 1. The van der Waals surface area contributed by atoms with Gasteiger partial charge in [0.25, 0.3) is 0 Å². The molecular weight excluding hydrogens is 354 g/mol. The highest BCUT2D eigenvalue weighted by atomic mass is 19.1. The van der Waals surface area contributed by atoms with Gasteiger partial charge < -0.3 is 9.67 Å². The summed E-state index contributed by atoms with van der Waals surface area (Å²) in [5.74, 6) is -6.06. The van der Waals surface area contributed by atoms with Gasteiger partial charge in [-0.15, -0.1) is 0 Å². The fraction of sp³-hybridized carbons (Fsp3) is 0. The molecule has 1 N–H and O–H groups in total. The van der Waals surface area contributed by atoms with E-state index in [2.05, 4.69) is 6.58 Å². The zero-order chi connectivity index (χ0) is 19.2. The molecule has 0 unspecified atom stereocenters. The maximum absolute atomic E-state index is 14.8. The van der Waals surface area contributed by atoms with Crippen molar-refractivity contribution in [1.82, 2.24) is 4.57 Å². The van der Waals surface area contributed by atoms with Gasteiger partial charge in [-0.1, -0.05) is 12.7 Å². The molecular formula is C18H9F4NO3. The topological polar surface area (TPSA) is 59.3 Å². The summed E-state index contributed by atoms with van der Waals surface area (Å²) < 4.78 is 56.9. The Kier molecular flexibility index (Phi) is 4.11. The first-order valence-corrected chi connectivity index (χ1v) is 7.14. The molecule has 2 aromatic carbocycles. The van der Waals surface area contributed by atoms with Crippen LogP contribution in [0.5, 0.6) is 0 Å². The number of carboxylic acid groups (broad SMARTS) is 1. The molecule has 1 aromatic heterocycles. The Hall–Kier alpha value is -3.42. The molecule has 0 saturated carbocycles. The molecule has 0 aliphatic heterocycles. The Morgan fingerprint density at radius 3 is 2.38 bits per heavy atom. The van der Waals surface area contributed by atoms with E-state index >= 15 is 0 Å². The quantitative estimate of drug-likeness (QED) is 0.719. The summed E-state index contributed by atoms with van der Waals surface area (Å²) in [6.07, 6.45) is 1.57. The standard InChI is InChI=1S/C18H9F4NO3/c1-2-9-12(20)6-10-16(15(9)22)23(7-11(17(10)24)18(25)26)14-4-3-8(19)5-13(14)21/h2-7H,1H2,(H,25,26). The lowest BCUT2D eigenvalue weighted by molar-refractivity contribution is 0.0695. The molecule has 4 nitrogen and oxygen atoms in total. The van der Waals surface area contributed by atoms with E-state index < -0.39 is 62.4 Å². The van der Waals surface area contributed by atoms with Gasteiger partial charge in [0.1, 0.15) is 23.0 Å². The van der Waals surface area contributed by atoms with Crippen molar-refractivity contribution in [2.24, 2.45) is 0 Å². The molecule has 0 aliphatic carbocycles. The van der Waals surface area contributed by atoms with Crippen LogP contribution in [0.1, 0.15) is 15.9 Å². The monoisotopic (exact) mass is 363 g/mol. The van der Waals surface area contributed by atoms with Gasteiger partial charge >= 0.3 is 5.97 Å². The molecule has 0 fully saturated rings. The first-order valence-electron chi connectivity index (χ1n) is 7.14. The average Bonchev–Trinajstić information content (AvgIpc) is 2.56. The molecule has 0 aliphatic rings. The van der Waals surface area contributed by atoms with Gasteiger partial charge in [-0.2, -0.15) is 0 Å². The molecule has 132 valence electrons. The van der Waals surface area contributed by atoms with Gasteiger partial charge in [-0.3, -0.25) is 4.79 Å². The van der Waals surface area contributed by atoms with Gasteiger partial charge in [-0.05, 0) is 18.2 Å². The van der Waals surface area contributed by atoms with Crippen LogP contribution in [0.2, 0.25) is 0 Å². The van der Waals surface area contributed by atoms with Gasteiger partial charge in [0.15, 0.2) is 5.82 Å². The van der Waals surface area contributed by atoms with E-state index in [4.69, 9.17) is 0 Å². The number of rotatable bonds is 3. The van der Waals surface area contributed by atoms with E-state index in [0.29, 0.717) is 18.3 Å². The predicted octanol–water partition coefficient (Wildman–Crippen LogP) is 3.89. The summed E-state index contributed by atoms with van der Waals surface area (Å²) in [4.78, 5) is 23.6. The van der Waals surface area contributed by atoms with Crippen LogP contribution in [0.4, 0.5) is 17.6 Å². The molecule has 0 saturated heterocycles. The summed E-state index contributed by atoms with van der Waals surface area (Å²) in [5.41, 5.74) is -3.51. The molecule has 26 heavy (non-hydrogen) atoms. The Morgan fingerprint density at radius 1 is 1.12 bits per heavy atom. The summed E-state index contributed by atoms with van der Waals surface area (Å²) in [5, 5.41) is 8.58. The van der Waals surface area contributed by atoms with Crippen LogP contribution in [0.15, 0.2) is 41.8 Å². The van der Waals surface area contributed by atoms with Crippen molar-refractivity contribution in [3.05, 3.63) is 81.7 Å². The number of hydrogen-bond donors (Lipinski definition) is 1. The number of aromatic nitrogens is 1. The number of pyridine rings is 1. The number of halogens is 4. The summed E-state index contributed by atoms with van der Waals surface area (Å²) >= 11 is 0. The maximum atomic E-state index is 14.8. The Bertz CT molecular complexity index is 1150. The lowest BCUT2D eigenvalue weighted by Gasteiger charge is -2.15. The largest absolute Gasteiger partial charge is 0.477 e. The normalized spacial score (nSPS) is 10.9. The summed E-state index contributed by atoms with van der Waals surface area (Å²) in [6.45, 7) is 3.27. The number of hydrogen-bond acceptors (Lipinski definition) is 2. The summed E-state index contributed by atoms with van der Waals surface area (Å²) in [6, 6.07) is 2.98. The third-order valence-corrected chi connectivity index (χ3v) is 3.82. The van der Waals surface area contributed by atoms with Crippen molar-refractivity contribution >= 4 is 22.9 Å². The first-order chi connectivity index (χ1) is 12.3. The maximum Gasteiger partial charge on any atom is 0.341 e. The fourth-order valence-corrected chi connectivity index (χ4v) is 2.64. The van der Waals surface area contributed by atoms with Crippen LogP contribution in [0, 0.1) is 23.3 Å². The lowest BCUT2D eigenvalue weighted by Crippen LogP contribution is -2.20. The Labute approximate surface area is 143 Å². The number of benzene rings is 2. The van der Waals surface area contributed by atoms with Crippen LogP contribution in [-0.2, 0) is 0 Å². The Balaban J connectivity index is 2.59. The smallest absolute Gasteiger partial charge is 0.341 e. The second-order valence-electron chi connectivity index (χ2n) is 5.33. The van der Waals surface area contributed by atoms with E-state index in [1.54, 1.807) is 0 Å². The number of nitrogens with zero attached hydrogens (tertiary/aromatic N) is 1. The molecule has 0 radical (unpaired) electrons. The molecule has 3 rings (SSSR count). The molecule has 0 atom stereocenters. The molecule has 8 heteroatoms. The van der Waals surface area contributed by atoms with Crippen molar-refractivity contribution in [1.29, 1.82) is 0 Å². The number of carboxylic acids is 1. The lowest BCUT2D eigenvalue weighted by atomic mass is 10.1. The van der Waals surface area contributed by atoms with Crippen LogP contribution in [0.3, 0.4) is 0 Å². The van der Waals surface area contributed by atoms with Crippen molar-refractivity contribution in [2.45, 2.75) is 0 Å². The molecule has 1 heterocycles. The first kappa shape index (κ1) is 17.4. The van der Waals surface area contributed by atoms with Gasteiger partial charge in [-0.25, -0.2) is 22.4 Å². The van der Waals surface area contributed by atoms with E-state index in [9.17, 15) is 32.3 Å². The number of aromatic carboxylic acids is 1. The van der Waals surface area contributed by atoms with Crippen LogP contribution < -0.4 is 5.43 Å². The van der Waals surface area contributed by atoms with Crippen molar-refractivity contribution in [3.63, 3.8) is 0 Å². The highest BCUT2D eigenvalue weighted by Crippen LogP contribution is 2.27. The third-order valence-electron chi connectivity index (χ3n) is 3.82. The molecule has 0 bridgehead atoms. The van der Waals surface area contributed by atoms with Gasteiger partial charge in [0, 0.05) is 17.8 Å². The zero-order valence-corrected chi connectivity index (χ0v) is 12.9. The van der Waals surface area contributed by atoms with E-state index in [1.807, 2.05) is 0 Å². The zero-order valence-electron chi connectivity index (χ0n) is 12.9. The van der Waals surface area contributed by atoms with E-state index in [1.165, 1.54) is 0 Å². The van der Waals surface area contributed by atoms with Crippen LogP contribution in [0.25, 0.3) is 22.7 Å². The third kappa shape index (κ3) is 2.55. The van der Waals surface area contributed by atoms with Crippen molar-refractivity contribution in [3.8, 4) is 5.69 Å². The minimum absolute atomic E-state index is 0.417. The number of fused-ring (bicyclic) bond motifs is 1. The minimum Gasteiger partial charge on any atom is -0.477 e. The SMILES string of the molecule is C=Cc1c(F)cc2c(=O)c(C(=O)O)cn(-c3ccc(F)cc3F)c2c1F. The minimum atomic E-state index is -1.67. The van der Waals surface area contributed by atoms with Crippen molar-refractivity contribution in [2.75, 3.05) is 0 Å². The highest BCUT2D eigenvalue weighted by Gasteiger charge is 2.22. The highest BCUT2D eigenvalue weighted by molar-refractivity contribution is 5.94. The molecule has 3 aromatic rings. The molecule has 0 spiro atoms. The second kappa shape index (κ2) is 6.14. The second-order valence-corrected chi connectivity index (χ2v) is 5.33.